The summed E-state index contributed by atoms with van der Waals surface area (Å²) in [5, 5.41) is 20.6. The SMILES string of the molecule is CCOC(=O)c1nn(-c2c(Cl)cc(C(F)(F)F)cc2Cl)c(Cl)c1/C=N/C(C#N)=C(\N)C#N. The Labute approximate surface area is 193 Å². The lowest BCUT2D eigenvalue weighted by atomic mass is 10.2. The van der Waals surface area contributed by atoms with Gasteiger partial charge in [0.1, 0.15) is 28.7 Å². The molecule has 0 saturated heterocycles. The Balaban J connectivity index is 2.76. The summed E-state index contributed by atoms with van der Waals surface area (Å²) in [5.41, 5.74) is 2.45. The maximum Gasteiger partial charge on any atom is 0.416 e. The average Bonchev–Trinajstić information content (AvgIpc) is 3.03. The molecule has 0 aliphatic carbocycles. The number of carbonyl (C=O) groups is 1. The number of nitrogens with zero attached hydrogens (tertiary/aromatic N) is 5. The molecule has 0 unspecified atom stereocenters. The summed E-state index contributed by atoms with van der Waals surface area (Å²) in [6.45, 7) is 1.49. The molecule has 14 heteroatoms. The Kier molecular flexibility index (Phi) is 7.75. The van der Waals surface area contributed by atoms with E-state index >= 15 is 0 Å². The van der Waals surface area contributed by atoms with Crippen LogP contribution in [0.15, 0.2) is 28.5 Å². The van der Waals surface area contributed by atoms with E-state index in [0.717, 1.165) is 10.9 Å². The average molecular weight is 506 g/mol. The number of esters is 1. The molecule has 0 fully saturated rings. The van der Waals surface area contributed by atoms with Gasteiger partial charge in [-0.05, 0) is 19.1 Å². The van der Waals surface area contributed by atoms with Gasteiger partial charge in [-0.3, -0.25) is 0 Å². The zero-order valence-electron chi connectivity index (χ0n) is 15.8. The lowest BCUT2D eigenvalue weighted by molar-refractivity contribution is -0.137. The van der Waals surface area contributed by atoms with Crippen LogP contribution in [0.5, 0.6) is 0 Å². The molecule has 2 N–H and O–H groups in total. The molecule has 0 radical (unpaired) electrons. The molecular weight excluding hydrogens is 496 g/mol. The van der Waals surface area contributed by atoms with Crippen LogP contribution in [0.3, 0.4) is 0 Å². The van der Waals surface area contributed by atoms with Crippen molar-refractivity contribution in [2.75, 3.05) is 6.61 Å². The summed E-state index contributed by atoms with van der Waals surface area (Å²) in [6, 6.07) is 4.36. The first-order chi connectivity index (χ1) is 15.0. The van der Waals surface area contributed by atoms with E-state index in [2.05, 4.69) is 10.1 Å². The monoisotopic (exact) mass is 504 g/mol. The molecule has 166 valence electrons. The Morgan fingerprint density at radius 1 is 1.28 bits per heavy atom. The van der Waals surface area contributed by atoms with Gasteiger partial charge in [-0.2, -0.15) is 28.8 Å². The number of alkyl halides is 3. The smallest absolute Gasteiger partial charge is 0.416 e. The zero-order valence-corrected chi connectivity index (χ0v) is 18.1. The number of hydrogen-bond acceptors (Lipinski definition) is 7. The van der Waals surface area contributed by atoms with E-state index in [0.29, 0.717) is 12.1 Å². The molecule has 2 aromatic rings. The highest BCUT2D eigenvalue weighted by Gasteiger charge is 2.33. The topological polar surface area (TPSA) is 130 Å². The minimum atomic E-state index is -4.71. The molecule has 1 aromatic heterocycles. The maximum atomic E-state index is 13.0. The van der Waals surface area contributed by atoms with E-state index < -0.39 is 44.8 Å². The Morgan fingerprint density at radius 2 is 1.88 bits per heavy atom. The summed E-state index contributed by atoms with van der Waals surface area (Å²) in [4.78, 5) is 16.1. The van der Waals surface area contributed by atoms with E-state index in [4.69, 9.17) is 55.8 Å². The fraction of sp³-hybridized carbons (Fsp3) is 0.167. The standard InChI is InChI=1S/C18H10Cl3F3N6O2/c1-2-32-17(31)14-9(7-28-13(6-26)12(27)5-25)16(21)30(29-14)15-10(19)3-8(4-11(15)20)18(22,23)24/h3-4,7H,2,27H2,1H3/b13-12-,28-7+. The number of ether oxygens (including phenoxy) is 1. The highest BCUT2D eigenvalue weighted by Crippen LogP contribution is 2.39. The van der Waals surface area contributed by atoms with Crippen LogP contribution in [0.2, 0.25) is 15.2 Å². The van der Waals surface area contributed by atoms with Crippen molar-refractivity contribution in [3.05, 3.63) is 55.5 Å². The third kappa shape index (κ3) is 5.14. The molecule has 2 rings (SSSR count). The van der Waals surface area contributed by atoms with Gasteiger partial charge in [-0.25, -0.2) is 14.5 Å². The van der Waals surface area contributed by atoms with Gasteiger partial charge in [0.25, 0.3) is 0 Å². The third-order valence-electron chi connectivity index (χ3n) is 3.69. The molecule has 0 amide bonds. The summed E-state index contributed by atoms with van der Waals surface area (Å²) >= 11 is 18.3. The number of benzene rings is 1. The lowest BCUT2D eigenvalue weighted by Gasteiger charge is -2.13. The number of aromatic nitrogens is 2. The minimum Gasteiger partial charge on any atom is -0.461 e. The second-order valence-corrected chi connectivity index (χ2v) is 6.89. The summed E-state index contributed by atoms with van der Waals surface area (Å²) in [7, 11) is 0. The number of halogens is 6. The highest BCUT2D eigenvalue weighted by atomic mass is 35.5. The molecule has 0 bridgehead atoms. The quantitative estimate of drug-likeness (QED) is 0.357. The molecule has 1 heterocycles. The zero-order chi connectivity index (χ0) is 24.2. The van der Waals surface area contributed by atoms with Crippen LogP contribution in [0, 0.1) is 22.7 Å². The number of nitriles is 2. The first kappa shape index (κ1) is 25.0. The van der Waals surface area contributed by atoms with Crippen LogP contribution in [-0.2, 0) is 10.9 Å². The molecule has 1 aromatic carbocycles. The van der Waals surface area contributed by atoms with Crippen LogP contribution < -0.4 is 5.73 Å². The van der Waals surface area contributed by atoms with Gasteiger partial charge < -0.3 is 10.5 Å². The Bertz CT molecular complexity index is 1200. The van der Waals surface area contributed by atoms with Crippen molar-refractivity contribution in [2.24, 2.45) is 10.7 Å². The van der Waals surface area contributed by atoms with E-state index in [1.54, 1.807) is 6.07 Å². The van der Waals surface area contributed by atoms with Gasteiger partial charge in [0.15, 0.2) is 11.4 Å². The summed E-state index contributed by atoms with van der Waals surface area (Å²) in [5.74, 6) is -0.954. The van der Waals surface area contributed by atoms with Crippen LogP contribution in [0.4, 0.5) is 13.2 Å². The molecule has 0 spiro atoms. The van der Waals surface area contributed by atoms with E-state index in [-0.39, 0.29) is 23.0 Å². The predicted molar refractivity (Wildman–Crippen MR) is 110 cm³/mol. The molecule has 0 aliphatic heterocycles. The second kappa shape index (κ2) is 9.92. The molecular formula is C18H10Cl3F3N6O2. The summed E-state index contributed by atoms with van der Waals surface area (Å²) < 4.78 is 44.8. The molecule has 0 atom stereocenters. The second-order valence-electron chi connectivity index (χ2n) is 5.72. The largest absolute Gasteiger partial charge is 0.461 e. The normalized spacial score (nSPS) is 12.3. The summed E-state index contributed by atoms with van der Waals surface area (Å²) in [6.07, 6.45) is -3.79. The van der Waals surface area contributed by atoms with Crippen LogP contribution in [0.25, 0.3) is 5.69 Å². The van der Waals surface area contributed by atoms with Crippen LogP contribution >= 0.6 is 34.8 Å². The fourth-order valence-corrected chi connectivity index (χ4v) is 3.20. The molecule has 8 nitrogen and oxygen atoms in total. The van der Waals surface area contributed by atoms with E-state index in [1.807, 2.05) is 0 Å². The van der Waals surface area contributed by atoms with Crippen molar-refractivity contribution in [1.82, 2.24) is 9.78 Å². The van der Waals surface area contributed by atoms with Gasteiger partial charge in [0.2, 0.25) is 0 Å². The number of rotatable bonds is 5. The number of carbonyl (C=O) groups excluding carboxylic acids is 1. The molecule has 0 aliphatic rings. The van der Waals surface area contributed by atoms with Crippen molar-refractivity contribution in [1.29, 1.82) is 10.5 Å². The van der Waals surface area contributed by atoms with Gasteiger partial charge in [-0.1, -0.05) is 34.8 Å². The van der Waals surface area contributed by atoms with Crippen molar-refractivity contribution in [3.63, 3.8) is 0 Å². The first-order valence-corrected chi connectivity index (χ1v) is 9.45. The molecule has 0 saturated carbocycles. The van der Waals surface area contributed by atoms with Gasteiger partial charge in [0.05, 0.1) is 27.8 Å². The van der Waals surface area contributed by atoms with Gasteiger partial charge in [-0.15, -0.1) is 0 Å². The van der Waals surface area contributed by atoms with E-state index in [1.165, 1.54) is 13.0 Å². The van der Waals surface area contributed by atoms with Crippen molar-refractivity contribution < 1.29 is 22.7 Å². The lowest BCUT2D eigenvalue weighted by Crippen LogP contribution is -2.09. The minimum absolute atomic E-state index is 0.0353. The number of allylic oxidation sites excluding steroid dienone is 2. The van der Waals surface area contributed by atoms with Crippen molar-refractivity contribution in [2.45, 2.75) is 13.1 Å². The van der Waals surface area contributed by atoms with Crippen molar-refractivity contribution >= 4 is 47.0 Å². The fourth-order valence-electron chi connectivity index (χ4n) is 2.29. The maximum absolute atomic E-state index is 13.0. The number of hydrogen-bond donors (Lipinski definition) is 1. The van der Waals surface area contributed by atoms with Gasteiger partial charge >= 0.3 is 12.1 Å². The van der Waals surface area contributed by atoms with Crippen LogP contribution in [-0.4, -0.2) is 28.6 Å². The van der Waals surface area contributed by atoms with E-state index in [9.17, 15) is 18.0 Å². The molecule has 32 heavy (non-hydrogen) atoms. The Morgan fingerprint density at radius 3 is 2.34 bits per heavy atom. The predicted octanol–water partition coefficient (Wildman–Crippen LogP) is 4.66. The number of aliphatic imine (C=N–C) groups is 1. The van der Waals surface area contributed by atoms with Crippen molar-refractivity contribution in [3.8, 4) is 17.8 Å². The first-order valence-electron chi connectivity index (χ1n) is 8.32. The third-order valence-corrected chi connectivity index (χ3v) is 4.63. The van der Waals surface area contributed by atoms with Gasteiger partial charge in [0, 0.05) is 6.21 Å². The number of nitrogens with two attached hydrogens (primary N) is 1. The van der Waals surface area contributed by atoms with Crippen LogP contribution in [0.1, 0.15) is 28.5 Å². The Hall–Kier alpha value is -3.25. The highest BCUT2D eigenvalue weighted by molar-refractivity contribution is 6.38.